The number of benzene rings is 5. The maximum Gasteiger partial charge on any atom is 0.0493 e. The van der Waals surface area contributed by atoms with Gasteiger partial charge in [0.25, 0.3) is 0 Å². The van der Waals surface area contributed by atoms with E-state index in [9.17, 15) is 0 Å². The molecule has 190 valence electrons. The lowest BCUT2D eigenvalue weighted by Crippen LogP contribution is -2.25. The number of aryl methyl sites for hydroxylation is 1. The molecule has 0 saturated carbocycles. The van der Waals surface area contributed by atoms with Gasteiger partial charge in [0.15, 0.2) is 0 Å². The summed E-state index contributed by atoms with van der Waals surface area (Å²) in [5.41, 5.74) is 7.73. The number of hydrogen-bond donors (Lipinski definition) is 0. The molecular formula is C37H31NS. The van der Waals surface area contributed by atoms with Crippen LogP contribution < -0.4 is 15.3 Å². The molecule has 6 rings (SSSR count). The van der Waals surface area contributed by atoms with Crippen LogP contribution in [-0.4, -0.2) is 5.75 Å². The van der Waals surface area contributed by atoms with Crippen molar-refractivity contribution in [1.29, 1.82) is 0 Å². The van der Waals surface area contributed by atoms with Gasteiger partial charge in [0, 0.05) is 29.2 Å². The van der Waals surface area contributed by atoms with Gasteiger partial charge in [0.1, 0.15) is 0 Å². The van der Waals surface area contributed by atoms with Gasteiger partial charge >= 0.3 is 0 Å². The van der Waals surface area contributed by atoms with Crippen molar-refractivity contribution in [2.75, 3.05) is 10.7 Å². The Labute approximate surface area is 234 Å². The summed E-state index contributed by atoms with van der Waals surface area (Å²) in [6, 6.07) is 31.2. The Hall–Kier alpha value is -4.27. The Bertz CT molecular complexity index is 1900. The van der Waals surface area contributed by atoms with Gasteiger partial charge in [0.2, 0.25) is 0 Å². The fourth-order valence-corrected chi connectivity index (χ4v) is 6.43. The third-order valence-electron chi connectivity index (χ3n) is 7.65. The van der Waals surface area contributed by atoms with Gasteiger partial charge < -0.3 is 4.90 Å². The molecule has 0 radical (unpaired) electrons. The first-order valence-electron chi connectivity index (χ1n) is 13.3. The van der Waals surface area contributed by atoms with Crippen molar-refractivity contribution >= 4 is 57.3 Å². The number of hydrogen-bond acceptors (Lipinski definition) is 2. The molecular weight excluding hydrogens is 490 g/mol. The first-order valence-corrected chi connectivity index (χ1v) is 14.3. The fraction of sp³-hybridized carbons (Fsp3) is 0.0811. The van der Waals surface area contributed by atoms with Crippen molar-refractivity contribution in [3.63, 3.8) is 0 Å². The van der Waals surface area contributed by atoms with Crippen LogP contribution in [0.15, 0.2) is 122 Å². The third kappa shape index (κ3) is 4.51. The van der Waals surface area contributed by atoms with E-state index >= 15 is 0 Å². The normalized spacial score (nSPS) is 12.8. The highest BCUT2D eigenvalue weighted by molar-refractivity contribution is 8.03. The first kappa shape index (κ1) is 25.0. The highest BCUT2D eigenvalue weighted by atomic mass is 32.2. The van der Waals surface area contributed by atoms with Crippen molar-refractivity contribution in [2.45, 2.75) is 13.0 Å². The maximum atomic E-state index is 4.43. The van der Waals surface area contributed by atoms with Gasteiger partial charge in [-0.05, 0) is 84.3 Å². The summed E-state index contributed by atoms with van der Waals surface area (Å²) in [6.45, 7) is 17.1. The zero-order valence-electron chi connectivity index (χ0n) is 22.1. The highest BCUT2D eigenvalue weighted by Gasteiger charge is 2.23. The molecule has 1 heterocycles. The molecule has 0 aromatic heterocycles. The number of rotatable bonds is 7. The summed E-state index contributed by atoms with van der Waals surface area (Å²) in [5.74, 6) is 0.991. The van der Waals surface area contributed by atoms with Crippen molar-refractivity contribution in [3.8, 4) is 11.1 Å². The standard InChI is InChI=1S/C37H31NS/c1-5-11-30-26(4)31-13-9-10-15-33(31)35-23-29(17-18-34(30)35)38-24-28-12-7-8-14-32(28)36-22-27(16-19-37(36)38)20-21-39-25(3)6-2/h5-19,22-23H,1-4,20-21,24H2/b30-11+. The van der Waals surface area contributed by atoms with Gasteiger partial charge in [0.05, 0.1) is 0 Å². The van der Waals surface area contributed by atoms with Gasteiger partial charge in [-0.15, -0.1) is 11.8 Å². The second-order valence-corrected chi connectivity index (χ2v) is 11.2. The molecule has 0 saturated heterocycles. The quantitative estimate of drug-likeness (QED) is 0.156. The lowest BCUT2D eigenvalue weighted by atomic mass is 9.91. The van der Waals surface area contributed by atoms with E-state index in [-0.39, 0.29) is 0 Å². The van der Waals surface area contributed by atoms with E-state index in [2.05, 4.69) is 122 Å². The number of allylic oxidation sites excluding steroid dienone is 2. The molecule has 0 amide bonds. The Morgan fingerprint density at radius 3 is 2.44 bits per heavy atom. The Balaban J connectivity index is 1.50. The predicted molar refractivity (Wildman–Crippen MR) is 174 cm³/mol. The molecule has 39 heavy (non-hydrogen) atoms. The van der Waals surface area contributed by atoms with Crippen LogP contribution in [0.1, 0.15) is 11.1 Å². The number of anilines is 2. The summed E-state index contributed by atoms with van der Waals surface area (Å²) < 4.78 is 0. The predicted octanol–water partition coefficient (Wildman–Crippen LogP) is 8.66. The van der Waals surface area contributed by atoms with E-state index in [1.54, 1.807) is 11.8 Å². The second-order valence-electron chi connectivity index (χ2n) is 9.93. The summed E-state index contributed by atoms with van der Waals surface area (Å²) in [7, 11) is 0. The van der Waals surface area contributed by atoms with E-state index in [0.717, 1.165) is 34.1 Å². The lowest BCUT2D eigenvalue weighted by Gasteiger charge is -2.33. The number of nitrogens with zero attached hydrogens (tertiary/aromatic N) is 1. The molecule has 0 unspecified atom stereocenters. The second kappa shape index (κ2) is 10.5. The molecule has 5 aromatic carbocycles. The molecule has 1 aliphatic heterocycles. The van der Waals surface area contributed by atoms with Crippen molar-refractivity contribution in [1.82, 2.24) is 0 Å². The van der Waals surface area contributed by atoms with Crippen LogP contribution in [0.4, 0.5) is 11.4 Å². The van der Waals surface area contributed by atoms with E-state index in [0.29, 0.717) is 0 Å². The van der Waals surface area contributed by atoms with Crippen molar-refractivity contribution in [2.24, 2.45) is 0 Å². The van der Waals surface area contributed by atoms with Crippen LogP contribution >= 0.6 is 11.8 Å². The lowest BCUT2D eigenvalue weighted by molar-refractivity contribution is 0.960. The summed E-state index contributed by atoms with van der Waals surface area (Å²) in [5, 5.41) is 7.03. The first-order chi connectivity index (χ1) is 19.1. The average molecular weight is 522 g/mol. The summed E-state index contributed by atoms with van der Waals surface area (Å²) in [4.78, 5) is 3.48. The van der Waals surface area contributed by atoms with Crippen molar-refractivity contribution < 1.29 is 0 Å². The van der Waals surface area contributed by atoms with Gasteiger partial charge in [-0.2, -0.15) is 0 Å². The Kier molecular flexibility index (Phi) is 6.72. The molecule has 2 heteroatoms. The minimum Gasteiger partial charge on any atom is -0.336 e. The van der Waals surface area contributed by atoms with E-state index in [1.807, 2.05) is 12.2 Å². The smallest absolute Gasteiger partial charge is 0.0493 e. The highest BCUT2D eigenvalue weighted by Crippen LogP contribution is 2.44. The SMILES string of the molecule is C=C/C=c1\c(=C)c2ccccc2c2cc(N3Cc4ccccc4-c4cc(CCSC(=C)C=C)ccc43)ccc12. The Morgan fingerprint density at radius 2 is 1.62 bits per heavy atom. The largest absolute Gasteiger partial charge is 0.336 e. The topological polar surface area (TPSA) is 3.24 Å². The van der Waals surface area contributed by atoms with Crippen LogP contribution in [0, 0.1) is 0 Å². The van der Waals surface area contributed by atoms with Gasteiger partial charge in [-0.1, -0.05) is 105 Å². The average Bonchev–Trinajstić information content (AvgIpc) is 2.98. The van der Waals surface area contributed by atoms with E-state index < -0.39 is 0 Å². The van der Waals surface area contributed by atoms with Crippen LogP contribution in [0.3, 0.4) is 0 Å². The zero-order valence-corrected chi connectivity index (χ0v) is 22.9. The van der Waals surface area contributed by atoms with Crippen LogP contribution in [0.25, 0.3) is 45.3 Å². The van der Waals surface area contributed by atoms with Gasteiger partial charge in [-0.3, -0.25) is 0 Å². The number of thioether (sulfide) groups is 1. The molecule has 0 aliphatic carbocycles. The molecule has 0 N–H and O–H groups in total. The van der Waals surface area contributed by atoms with Gasteiger partial charge in [-0.25, -0.2) is 0 Å². The fourth-order valence-electron chi connectivity index (χ4n) is 5.71. The third-order valence-corrected chi connectivity index (χ3v) is 8.60. The number of fused-ring (bicyclic) bond motifs is 6. The van der Waals surface area contributed by atoms with E-state index in [1.165, 1.54) is 55.2 Å². The molecule has 5 aromatic rings. The summed E-state index contributed by atoms with van der Waals surface area (Å²) in [6.07, 6.45) is 6.75. The maximum absolute atomic E-state index is 4.43. The molecule has 0 fully saturated rings. The minimum absolute atomic E-state index is 0.833. The monoisotopic (exact) mass is 521 g/mol. The zero-order chi connectivity index (χ0) is 26.9. The molecule has 1 aliphatic rings. The molecule has 0 atom stereocenters. The van der Waals surface area contributed by atoms with Crippen LogP contribution in [0.2, 0.25) is 0 Å². The van der Waals surface area contributed by atoms with E-state index in [4.69, 9.17) is 0 Å². The molecule has 0 bridgehead atoms. The Morgan fingerprint density at radius 1 is 0.821 bits per heavy atom. The van der Waals surface area contributed by atoms with Crippen LogP contribution in [-0.2, 0) is 13.0 Å². The molecule has 0 spiro atoms. The van der Waals surface area contributed by atoms with Crippen LogP contribution in [0.5, 0.6) is 0 Å². The molecule has 1 nitrogen and oxygen atoms in total. The summed E-state index contributed by atoms with van der Waals surface area (Å²) >= 11 is 1.76. The van der Waals surface area contributed by atoms with Crippen molar-refractivity contribution in [3.05, 3.63) is 143 Å². The minimum atomic E-state index is 0.833.